The van der Waals surface area contributed by atoms with E-state index in [0.717, 1.165) is 12.8 Å². The molecule has 1 rings (SSSR count). The summed E-state index contributed by atoms with van der Waals surface area (Å²) in [7, 11) is 1.76. The number of hydrogen-bond donors (Lipinski definition) is 2. The average Bonchev–Trinajstić information content (AvgIpc) is 2.86. The van der Waals surface area contributed by atoms with Crippen LogP contribution in [0, 0.1) is 0 Å². The normalized spacial score (nSPS) is 10.5. The van der Waals surface area contributed by atoms with Crippen LogP contribution in [-0.2, 0) is 6.54 Å². The smallest absolute Gasteiger partial charge is 0.355 e. The predicted molar refractivity (Wildman–Crippen MR) is 73.4 cm³/mol. The number of aromatic carboxylic acids is 1. The van der Waals surface area contributed by atoms with Gasteiger partial charge in [0.05, 0.1) is 6.54 Å². The van der Waals surface area contributed by atoms with Crippen LogP contribution in [-0.4, -0.2) is 40.1 Å². The molecule has 2 amide bonds. The summed E-state index contributed by atoms with van der Waals surface area (Å²) in [5.41, 5.74) is 0.0163. The van der Waals surface area contributed by atoms with E-state index in [9.17, 15) is 9.59 Å². The summed E-state index contributed by atoms with van der Waals surface area (Å²) in [5, 5.41) is 13.5. The van der Waals surface area contributed by atoms with Crippen LogP contribution in [0.4, 0.5) is 4.79 Å². The highest BCUT2D eigenvalue weighted by molar-refractivity contribution is 7.09. The molecule has 1 aromatic heterocycles. The summed E-state index contributed by atoms with van der Waals surface area (Å²) >= 11 is 1.23. The predicted octanol–water partition coefficient (Wildman–Crippen LogP) is 2.17. The van der Waals surface area contributed by atoms with Crippen LogP contribution in [0.25, 0.3) is 0 Å². The van der Waals surface area contributed by atoms with Crippen molar-refractivity contribution >= 4 is 23.3 Å². The number of nitrogens with one attached hydrogen (secondary N) is 1. The van der Waals surface area contributed by atoms with E-state index in [1.54, 1.807) is 11.9 Å². The Morgan fingerprint density at radius 1 is 1.47 bits per heavy atom. The Morgan fingerprint density at radius 3 is 2.58 bits per heavy atom. The van der Waals surface area contributed by atoms with Crippen LogP contribution >= 0.6 is 11.3 Å². The van der Waals surface area contributed by atoms with Crippen molar-refractivity contribution < 1.29 is 14.7 Å². The summed E-state index contributed by atoms with van der Waals surface area (Å²) in [6.07, 6.45) is 1.81. The number of carbonyl (C=O) groups is 2. The van der Waals surface area contributed by atoms with Crippen molar-refractivity contribution in [3.05, 3.63) is 16.1 Å². The first-order chi connectivity index (χ1) is 8.99. The minimum Gasteiger partial charge on any atom is -0.476 e. The number of urea groups is 1. The number of carboxylic acids is 1. The van der Waals surface area contributed by atoms with Gasteiger partial charge in [-0.1, -0.05) is 13.8 Å². The Morgan fingerprint density at radius 2 is 2.11 bits per heavy atom. The second kappa shape index (κ2) is 7.08. The van der Waals surface area contributed by atoms with Gasteiger partial charge in [0, 0.05) is 18.5 Å². The fraction of sp³-hybridized carbons (Fsp3) is 0.583. The van der Waals surface area contributed by atoms with E-state index in [0.29, 0.717) is 5.01 Å². The second-order valence-corrected chi connectivity index (χ2v) is 5.11. The van der Waals surface area contributed by atoms with E-state index in [-0.39, 0.29) is 24.3 Å². The summed E-state index contributed by atoms with van der Waals surface area (Å²) in [6.45, 7) is 4.33. The molecule has 0 radical (unpaired) electrons. The highest BCUT2D eigenvalue weighted by atomic mass is 32.1. The maximum atomic E-state index is 11.9. The summed E-state index contributed by atoms with van der Waals surface area (Å²) in [6, 6.07) is 0.0478. The van der Waals surface area contributed by atoms with E-state index in [2.05, 4.69) is 10.3 Å². The van der Waals surface area contributed by atoms with E-state index in [4.69, 9.17) is 5.11 Å². The maximum Gasteiger partial charge on any atom is 0.355 e. The molecule has 1 aromatic rings. The van der Waals surface area contributed by atoms with Crippen molar-refractivity contribution in [3.8, 4) is 0 Å². The first-order valence-electron chi connectivity index (χ1n) is 6.17. The zero-order valence-electron chi connectivity index (χ0n) is 11.3. The van der Waals surface area contributed by atoms with Gasteiger partial charge in [-0.2, -0.15) is 0 Å². The van der Waals surface area contributed by atoms with Gasteiger partial charge in [0.15, 0.2) is 5.69 Å². The van der Waals surface area contributed by atoms with Crippen LogP contribution in [0.5, 0.6) is 0 Å². The molecular weight excluding hydrogens is 266 g/mol. The van der Waals surface area contributed by atoms with Gasteiger partial charge < -0.3 is 15.3 Å². The van der Waals surface area contributed by atoms with Crippen LogP contribution in [0.2, 0.25) is 0 Å². The Kier molecular flexibility index (Phi) is 5.75. The quantitative estimate of drug-likeness (QED) is 0.839. The highest BCUT2D eigenvalue weighted by Crippen LogP contribution is 2.10. The third kappa shape index (κ3) is 4.20. The third-order valence-electron chi connectivity index (χ3n) is 2.97. The molecule has 0 aliphatic rings. The van der Waals surface area contributed by atoms with Crippen molar-refractivity contribution in [1.82, 2.24) is 15.2 Å². The fourth-order valence-electron chi connectivity index (χ4n) is 1.77. The molecule has 0 saturated heterocycles. The number of aromatic nitrogens is 1. The fourth-order valence-corrected chi connectivity index (χ4v) is 2.48. The molecule has 0 aliphatic heterocycles. The number of thiazole rings is 1. The molecule has 0 atom stereocenters. The van der Waals surface area contributed by atoms with Crippen LogP contribution in [0.15, 0.2) is 5.38 Å². The van der Waals surface area contributed by atoms with Crippen molar-refractivity contribution in [3.63, 3.8) is 0 Å². The SMILES string of the molecule is CCC(CC)N(C)C(=O)NCc1nc(C(=O)O)cs1. The van der Waals surface area contributed by atoms with Crippen molar-refractivity contribution in [2.24, 2.45) is 0 Å². The first kappa shape index (κ1) is 15.4. The molecule has 0 saturated carbocycles. The molecule has 1 heterocycles. The lowest BCUT2D eigenvalue weighted by atomic mass is 10.1. The van der Waals surface area contributed by atoms with E-state index in [1.807, 2.05) is 13.8 Å². The minimum absolute atomic E-state index is 0.0163. The Balaban J connectivity index is 2.51. The molecule has 19 heavy (non-hydrogen) atoms. The van der Waals surface area contributed by atoms with Gasteiger partial charge in [0.2, 0.25) is 0 Å². The topological polar surface area (TPSA) is 82.5 Å². The molecule has 7 heteroatoms. The number of carbonyl (C=O) groups excluding carboxylic acids is 1. The molecule has 0 unspecified atom stereocenters. The standard InChI is InChI=1S/C12H19N3O3S/c1-4-8(5-2)15(3)12(18)13-6-10-14-9(7-19-10)11(16)17/h7-8H,4-6H2,1-3H3,(H,13,18)(H,16,17). The van der Waals surface area contributed by atoms with Crippen LogP contribution in [0.3, 0.4) is 0 Å². The third-order valence-corrected chi connectivity index (χ3v) is 3.82. The van der Waals surface area contributed by atoms with Gasteiger partial charge in [-0.25, -0.2) is 14.6 Å². The molecule has 0 aromatic carbocycles. The Labute approximate surface area is 116 Å². The first-order valence-corrected chi connectivity index (χ1v) is 7.05. The number of amides is 2. The number of hydrogen-bond acceptors (Lipinski definition) is 4. The van der Waals surface area contributed by atoms with Gasteiger partial charge in [0.25, 0.3) is 0 Å². The second-order valence-electron chi connectivity index (χ2n) is 4.17. The van der Waals surface area contributed by atoms with E-state index < -0.39 is 5.97 Å². The number of nitrogens with zero attached hydrogens (tertiary/aromatic N) is 2. The lowest BCUT2D eigenvalue weighted by Gasteiger charge is -2.26. The molecule has 0 fully saturated rings. The average molecular weight is 285 g/mol. The maximum absolute atomic E-state index is 11.9. The molecule has 0 spiro atoms. The van der Waals surface area contributed by atoms with Gasteiger partial charge in [-0.15, -0.1) is 11.3 Å². The molecule has 6 nitrogen and oxygen atoms in total. The van der Waals surface area contributed by atoms with Gasteiger partial charge >= 0.3 is 12.0 Å². The summed E-state index contributed by atoms with van der Waals surface area (Å²) < 4.78 is 0. The summed E-state index contributed by atoms with van der Waals surface area (Å²) in [5.74, 6) is -1.05. The lowest BCUT2D eigenvalue weighted by molar-refractivity contribution is 0.0691. The van der Waals surface area contributed by atoms with Gasteiger partial charge in [0.1, 0.15) is 5.01 Å². The summed E-state index contributed by atoms with van der Waals surface area (Å²) in [4.78, 5) is 28.2. The van der Waals surface area contributed by atoms with Crippen molar-refractivity contribution in [2.45, 2.75) is 39.3 Å². The number of carboxylic acid groups (broad SMARTS) is 1. The molecule has 2 N–H and O–H groups in total. The van der Waals surface area contributed by atoms with Crippen LogP contribution < -0.4 is 5.32 Å². The van der Waals surface area contributed by atoms with E-state index in [1.165, 1.54) is 16.7 Å². The van der Waals surface area contributed by atoms with Gasteiger partial charge in [-0.05, 0) is 12.8 Å². The van der Waals surface area contributed by atoms with Crippen molar-refractivity contribution in [2.75, 3.05) is 7.05 Å². The lowest BCUT2D eigenvalue weighted by Crippen LogP contribution is -2.42. The molecule has 106 valence electrons. The molecular formula is C12H19N3O3S. The molecule has 0 bridgehead atoms. The zero-order valence-corrected chi connectivity index (χ0v) is 12.2. The largest absolute Gasteiger partial charge is 0.476 e. The van der Waals surface area contributed by atoms with Crippen molar-refractivity contribution in [1.29, 1.82) is 0 Å². The van der Waals surface area contributed by atoms with Crippen LogP contribution in [0.1, 0.15) is 42.2 Å². The minimum atomic E-state index is -1.05. The van der Waals surface area contributed by atoms with Gasteiger partial charge in [-0.3, -0.25) is 0 Å². The highest BCUT2D eigenvalue weighted by Gasteiger charge is 2.17. The Bertz CT molecular complexity index is 443. The zero-order chi connectivity index (χ0) is 14.4. The number of rotatable bonds is 6. The Hall–Kier alpha value is -1.63. The molecule has 0 aliphatic carbocycles. The monoisotopic (exact) mass is 285 g/mol. The van der Waals surface area contributed by atoms with E-state index >= 15 is 0 Å².